The smallest absolute Gasteiger partial charge is 0.361 e. The zero-order valence-electron chi connectivity index (χ0n) is 14.0. The zero-order valence-corrected chi connectivity index (χ0v) is 14.8. The molecule has 1 N–H and O–H groups in total. The molecule has 4 rings (SSSR count). The highest BCUT2D eigenvalue weighted by atomic mass is 32.1. The minimum atomic E-state index is -1.36. The quantitative estimate of drug-likeness (QED) is 0.604. The van der Waals surface area contributed by atoms with Crippen LogP contribution < -0.4 is 0 Å². The predicted molar refractivity (Wildman–Crippen MR) is 101 cm³/mol. The van der Waals surface area contributed by atoms with E-state index < -0.39 is 27.2 Å². The third-order valence-electron chi connectivity index (χ3n) is 3.65. The van der Waals surface area contributed by atoms with E-state index in [4.69, 9.17) is 5.11 Å². The summed E-state index contributed by atoms with van der Waals surface area (Å²) in [6.07, 6.45) is 2.69. The molecule has 1 aromatic carbocycles. The number of hydrogen-bond donors (Lipinski definition) is 1. The Hall–Kier alpha value is -3.80. The highest BCUT2D eigenvalue weighted by molar-refractivity contribution is 7.20. The van der Waals surface area contributed by atoms with Gasteiger partial charge in [0.2, 0.25) is 5.71 Å². The summed E-state index contributed by atoms with van der Waals surface area (Å²) in [6.45, 7) is 0.444. The number of aliphatic carboxylic acids is 1. The first-order chi connectivity index (χ1) is 13.4. The molecule has 0 saturated heterocycles. The maximum absolute atomic E-state index is 10.8. The van der Waals surface area contributed by atoms with Crippen LogP contribution in [0.3, 0.4) is 0 Å². The number of nitro groups is 2. The van der Waals surface area contributed by atoms with Gasteiger partial charge in [-0.1, -0.05) is 12.1 Å². The minimum Gasteiger partial charge on any atom is -0.476 e. The molecular formula is C16H11N5O6S. The molecule has 2 aliphatic rings. The zero-order chi connectivity index (χ0) is 20.3. The van der Waals surface area contributed by atoms with E-state index in [2.05, 4.69) is 15.0 Å². The number of rotatable bonds is 4. The van der Waals surface area contributed by atoms with Crippen molar-refractivity contribution in [2.45, 2.75) is 0 Å². The van der Waals surface area contributed by atoms with E-state index in [1.807, 2.05) is 24.3 Å². The average molecular weight is 401 g/mol. The standard InChI is InChI=1S/C11H7N3O2S.C5H4N2O4/c15-14(16)8-5-6-12-10(8)11-13-7-3-1-2-4-9(7)17-11;8-5(9)4-3(7(10)11)1-2-6-4/h1-5H,6H2;1H,2H2,(H,8,9). The van der Waals surface area contributed by atoms with Gasteiger partial charge in [0.15, 0.2) is 5.71 Å². The van der Waals surface area contributed by atoms with Gasteiger partial charge in [0.05, 0.1) is 33.2 Å². The normalized spacial score (nSPS) is 15.1. The van der Waals surface area contributed by atoms with Gasteiger partial charge in [-0.15, -0.1) is 11.3 Å². The monoisotopic (exact) mass is 401 g/mol. The van der Waals surface area contributed by atoms with Crippen LogP contribution in [-0.4, -0.2) is 50.4 Å². The maximum Gasteiger partial charge on any atom is 0.361 e. The number of aromatic nitrogens is 1. The van der Waals surface area contributed by atoms with E-state index in [1.54, 1.807) is 0 Å². The third-order valence-corrected chi connectivity index (χ3v) is 4.69. The number of benzene rings is 1. The summed E-state index contributed by atoms with van der Waals surface area (Å²) < 4.78 is 1.01. The molecule has 11 nitrogen and oxygen atoms in total. The van der Waals surface area contributed by atoms with Crippen molar-refractivity contribution in [1.29, 1.82) is 0 Å². The van der Waals surface area contributed by atoms with E-state index in [1.165, 1.54) is 23.5 Å². The van der Waals surface area contributed by atoms with Crippen molar-refractivity contribution in [3.8, 4) is 0 Å². The van der Waals surface area contributed by atoms with Crippen molar-refractivity contribution >= 4 is 38.9 Å². The largest absolute Gasteiger partial charge is 0.476 e. The molecule has 1 aromatic heterocycles. The summed E-state index contributed by atoms with van der Waals surface area (Å²) in [5.74, 6) is -1.36. The molecule has 0 radical (unpaired) electrons. The maximum atomic E-state index is 10.8. The number of hydrogen-bond acceptors (Lipinski definition) is 9. The molecule has 0 bridgehead atoms. The molecule has 12 heteroatoms. The molecule has 0 spiro atoms. The van der Waals surface area contributed by atoms with E-state index in [0.29, 0.717) is 17.3 Å². The Bertz CT molecular complexity index is 1050. The summed E-state index contributed by atoms with van der Waals surface area (Å²) in [5.41, 5.74) is 0.428. The lowest BCUT2D eigenvalue weighted by Gasteiger charge is -1.93. The van der Waals surface area contributed by atoms with Crippen molar-refractivity contribution < 1.29 is 19.7 Å². The molecule has 0 unspecified atom stereocenters. The van der Waals surface area contributed by atoms with Gasteiger partial charge in [0.25, 0.3) is 11.4 Å². The molecule has 142 valence electrons. The Morgan fingerprint density at radius 2 is 1.68 bits per heavy atom. The van der Waals surface area contributed by atoms with Crippen LogP contribution in [0.25, 0.3) is 10.2 Å². The van der Waals surface area contributed by atoms with E-state index >= 15 is 0 Å². The summed E-state index contributed by atoms with van der Waals surface area (Å²) in [6, 6.07) is 7.65. The van der Waals surface area contributed by atoms with Gasteiger partial charge < -0.3 is 5.11 Å². The number of carboxylic acid groups (broad SMARTS) is 1. The van der Waals surface area contributed by atoms with Crippen LogP contribution in [0.1, 0.15) is 5.01 Å². The summed E-state index contributed by atoms with van der Waals surface area (Å²) in [7, 11) is 0. The average Bonchev–Trinajstić information content (AvgIpc) is 3.38. The molecule has 0 amide bonds. The highest BCUT2D eigenvalue weighted by Crippen LogP contribution is 2.25. The minimum absolute atomic E-state index is 0.0593. The Morgan fingerprint density at radius 1 is 1.04 bits per heavy atom. The van der Waals surface area contributed by atoms with Crippen LogP contribution in [0, 0.1) is 20.2 Å². The Labute approximate surface area is 160 Å². The van der Waals surface area contributed by atoms with E-state index in [9.17, 15) is 25.0 Å². The first-order valence-corrected chi connectivity index (χ1v) is 8.58. The fourth-order valence-electron chi connectivity index (χ4n) is 2.45. The van der Waals surface area contributed by atoms with Crippen LogP contribution in [-0.2, 0) is 4.79 Å². The van der Waals surface area contributed by atoms with Crippen LogP contribution in [0.15, 0.2) is 57.8 Å². The summed E-state index contributed by atoms with van der Waals surface area (Å²) in [5, 5.41) is 29.9. The number of thiazole rings is 1. The van der Waals surface area contributed by atoms with E-state index in [0.717, 1.165) is 10.2 Å². The Morgan fingerprint density at radius 3 is 2.29 bits per heavy atom. The van der Waals surface area contributed by atoms with Crippen molar-refractivity contribution in [3.63, 3.8) is 0 Å². The Balaban J connectivity index is 0.000000178. The number of para-hydroxylation sites is 1. The number of nitrogens with zero attached hydrogens (tertiary/aromatic N) is 5. The molecule has 0 aliphatic carbocycles. The highest BCUT2D eigenvalue weighted by Gasteiger charge is 2.29. The Kier molecular flexibility index (Phi) is 5.31. The molecule has 2 aliphatic heterocycles. The second-order valence-corrected chi connectivity index (χ2v) is 6.39. The lowest BCUT2D eigenvalue weighted by molar-refractivity contribution is -0.414. The second kappa shape index (κ2) is 7.84. The van der Waals surface area contributed by atoms with Crippen molar-refractivity contribution in [3.05, 3.63) is 73.0 Å². The van der Waals surface area contributed by atoms with Gasteiger partial charge in [0, 0.05) is 12.2 Å². The number of allylic oxidation sites excluding steroid dienone is 1. The lowest BCUT2D eigenvalue weighted by Crippen LogP contribution is -2.18. The molecule has 0 saturated carbocycles. The van der Waals surface area contributed by atoms with Gasteiger partial charge in [0.1, 0.15) is 5.01 Å². The van der Waals surface area contributed by atoms with Crippen molar-refractivity contribution in [1.82, 2.24) is 4.98 Å². The number of carbonyl (C=O) groups is 1. The molecule has 2 aromatic rings. The third kappa shape index (κ3) is 3.81. The van der Waals surface area contributed by atoms with Gasteiger partial charge >= 0.3 is 5.97 Å². The van der Waals surface area contributed by atoms with E-state index in [-0.39, 0.29) is 12.2 Å². The van der Waals surface area contributed by atoms with Gasteiger partial charge in [-0.05, 0) is 12.1 Å². The van der Waals surface area contributed by atoms with Crippen LogP contribution in [0.4, 0.5) is 0 Å². The molecule has 0 fully saturated rings. The number of aliphatic imine (C=N–C) groups is 2. The van der Waals surface area contributed by atoms with Crippen molar-refractivity contribution in [2.24, 2.45) is 9.98 Å². The molecule has 3 heterocycles. The first kappa shape index (κ1) is 19.0. The molecule has 28 heavy (non-hydrogen) atoms. The topological polar surface area (TPSA) is 161 Å². The van der Waals surface area contributed by atoms with Gasteiger partial charge in [-0.3, -0.25) is 30.2 Å². The lowest BCUT2D eigenvalue weighted by atomic mass is 10.3. The van der Waals surface area contributed by atoms with Crippen LogP contribution in [0.2, 0.25) is 0 Å². The SMILES string of the molecule is O=C(O)C1=NCC=C1[N+](=O)[O-].O=[N+]([O-])C1=CCN=C1c1nc2ccccc2s1. The predicted octanol–water partition coefficient (Wildman–Crippen LogP) is 1.95. The number of carboxylic acids is 1. The fourth-order valence-corrected chi connectivity index (χ4v) is 3.43. The first-order valence-electron chi connectivity index (χ1n) is 7.76. The van der Waals surface area contributed by atoms with Crippen molar-refractivity contribution in [2.75, 3.05) is 13.1 Å². The second-order valence-electron chi connectivity index (χ2n) is 5.36. The van der Waals surface area contributed by atoms with Gasteiger partial charge in [-0.25, -0.2) is 9.78 Å². The molecule has 0 atom stereocenters. The fraction of sp³-hybridized carbons (Fsp3) is 0.125. The summed E-state index contributed by atoms with van der Waals surface area (Å²) >= 11 is 1.43. The van der Waals surface area contributed by atoms with Gasteiger partial charge in [-0.2, -0.15) is 0 Å². The van der Waals surface area contributed by atoms with Crippen LogP contribution >= 0.6 is 11.3 Å². The summed E-state index contributed by atoms with van der Waals surface area (Å²) in [4.78, 5) is 42.0. The number of fused-ring (bicyclic) bond motifs is 1. The van der Waals surface area contributed by atoms with Crippen LogP contribution in [0.5, 0.6) is 0 Å². The molecular weight excluding hydrogens is 390 g/mol.